The molecular formula is C13H19NOS. The topological polar surface area (TPSA) is 35.2 Å². The fourth-order valence-electron chi connectivity index (χ4n) is 1.88. The SMILES string of the molecule is NCCc1ccc(SCC2CCCO2)cc1. The maximum Gasteiger partial charge on any atom is 0.0669 e. The van der Waals surface area contributed by atoms with Crippen molar-refractivity contribution in [3.8, 4) is 0 Å². The molecule has 2 nitrogen and oxygen atoms in total. The Kier molecular flexibility index (Phi) is 4.69. The first-order chi connectivity index (χ1) is 7.88. The summed E-state index contributed by atoms with van der Waals surface area (Å²) in [5.41, 5.74) is 6.84. The molecule has 1 aromatic rings. The summed E-state index contributed by atoms with van der Waals surface area (Å²) in [5.74, 6) is 1.08. The third kappa shape index (κ3) is 3.51. The Balaban J connectivity index is 1.80. The zero-order valence-electron chi connectivity index (χ0n) is 9.52. The van der Waals surface area contributed by atoms with Crippen LogP contribution in [0.25, 0.3) is 0 Å². The Hall–Kier alpha value is -0.510. The number of ether oxygens (including phenoxy) is 1. The molecule has 1 heterocycles. The maximum absolute atomic E-state index is 5.60. The highest BCUT2D eigenvalue weighted by Gasteiger charge is 2.15. The quantitative estimate of drug-likeness (QED) is 0.799. The van der Waals surface area contributed by atoms with Gasteiger partial charge in [0.1, 0.15) is 0 Å². The van der Waals surface area contributed by atoms with Crippen molar-refractivity contribution in [2.45, 2.75) is 30.3 Å². The van der Waals surface area contributed by atoms with Crippen LogP contribution in [0.15, 0.2) is 29.2 Å². The van der Waals surface area contributed by atoms with Gasteiger partial charge in [0.2, 0.25) is 0 Å². The Morgan fingerprint density at radius 3 is 2.75 bits per heavy atom. The van der Waals surface area contributed by atoms with Crippen molar-refractivity contribution in [2.24, 2.45) is 5.73 Å². The van der Waals surface area contributed by atoms with Crippen molar-refractivity contribution >= 4 is 11.8 Å². The van der Waals surface area contributed by atoms with E-state index in [1.807, 2.05) is 11.8 Å². The summed E-state index contributed by atoms with van der Waals surface area (Å²) < 4.78 is 5.60. The van der Waals surface area contributed by atoms with E-state index < -0.39 is 0 Å². The van der Waals surface area contributed by atoms with Gasteiger partial charge >= 0.3 is 0 Å². The van der Waals surface area contributed by atoms with Crippen molar-refractivity contribution in [1.82, 2.24) is 0 Å². The van der Waals surface area contributed by atoms with E-state index in [1.165, 1.54) is 23.3 Å². The number of thioether (sulfide) groups is 1. The third-order valence-corrected chi connectivity index (χ3v) is 3.96. The van der Waals surface area contributed by atoms with Gasteiger partial charge < -0.3 is 10.5 Å². The van der Waals surface area contributed by atoms with Crippen LogP contribution in [0, 0.1) is 0 Å². The summed E-state index contributed by atoms with van der Waals surface area (Å²) in [7, 11) is 0. The second kappa shape index (κ2) is 6.28. The lowest BCUT2D eigenvalue weighted by Gasteiger charge is -2.08. The minimum Gasteiger partial charge on any atom is -0.377 e. The summed E-state index contributed by atoms with van der Waals surface area (Å²) >= 11 is 1.89. The van der Waals surface area contributed by atoms with Crippen LogP contribution < -0.4 is 5.73 Å². The minimum absolute atomic E-state index is 0.466. The Morgan fingerprint density at radius 2 is 2.12 bits per heavy atom. The molecule has 1 aliphatic rings. The number of hydrogen-bond donors (Lipinski definition) is 1. The molecule has 1 saturated heterocycles. The second-order valence-corrected chi connectivity index (χ2v) is 5.22. The average Bonchev–Trinajstić information content (AvgIpc) is 2.82. The number of benzene rings is 1. The molecule has 0 spiro atoms. The van der Waals surface area contributed by atoms with Crippen molar-refractivity contribution in [3.05, 3.63) is 29.8 Å². The molecule has 0 aliphatic carbocycles. The monoisotopic (exact) mass is 237 g/mol. The van der Waals surface area contributed by atoms with Gasteiger partial charge in [-0.3, -0.25) is 0 Å². The van der Waals surface area contributed by atoms with Crippen LogP contribution in [-0.4, -0.2) is 25.0 Å². The van der Waals surface area contributed by atoms with E-state index in [9.17, 15) is 0 Å². The minimum atomic E-state index is 0.466. The van der Waals surface area contributed by atoms with Gasteiger partial charge in [0.25, 0.3) is 0 Å². The van der Waals surface area contributed by atoms with Crippen LogP contribution >= 0.6 is 11.8 Å². The predicted molar refractivity (Wildman–Crippen MR) is 68.9 cm³/mol. The predicted octanol–water partition coefficient (Wildman–Crippen LogP) is 2.46. The van der Waals surface area contributed by atoms with Gasteiger partial charge in [0, 0.05) is 17.3 Å². The lowest BCUT2D eigenvalue weighted by Crippen LogP contribution is -2.07. The molecule has 2 N–H and O–H groups in total. The lowest BCUT2D eigenvalue weighted by molar-refractivity contribution is 0.129. The van der Waals surface area contributed by atoms with Gasteiger partial charge in [-0.05, 0) is 43.5 Å². The Labute approximate surface area is 102 Å². The third-order valence-electron chi connectivity index (χ3n) is 2.82. The standard InChI is InChI=1S/C13H19NOS/c14-8-7-11-3-5-13(6-4-11)16-10-12-2-1-9-15-12/h3-6,12H,1-2,7-10,14H2. The number of nitrogens with two attached hydrogens (primary N) is 1. The molecule has 1 aliphatic heterocycles. The van der Waals surface area contributed by atoms with Crippen LogP contribution in [0.4, 0.5) is 0 Å². The van der Waals surface area contributed by atoms with Gasteiger partial charge in [-0.1, -0.05) is 12.1 Å². The Morgan fingerprint density at radius 1 is 1.31 bits per heavy atom. The summed E-state index contributed by atoms with van der Waals surface area (Å²) in [6.45, 7) is 1.67. The molecule has 0 saturated carbocycles. The molecule has 88 valence electrons. The molecule has 1 unspecified atom stereocenters. The lowest BCUT2D eigenvalue weighted by atomic mass is 10.2. The van der Waals surface area contributed by atoms with E-state index >= 15 is 0 Å². The zero-order chi connectivity index (χ0) is 11.2. The summed E-state index contributed by atoms with van der Waals surface area (Å²) in [6, 6.07) is 8.71. The van der Waals surface area contributed by atoms with Gasteiger partial charge in [0.05, 0.1) is 6.10 Å². The van der Waals surface area contributed by atoms with Crippen molar-refractivity contribution in [2.75, 3.05) is 18.9 Å². The molecule has 0 aromatic heterocycles. The van der Waals surface area contributed by atoms with Crippen LogP contribution in [0.1, 0.15) is 18.4 Å². The molecule has 0 amide bonds. The van der Waals surface area contributed by atoms with Gasteiger partial charge in [0.15, 0.2) is 0 Å². The highest BCUT2D eigenvalue weighted by molar-refractivity contribution is 7.99. The highest BCUT2D eigenvalue weighted by atomic mass is 32.2. The van der Waals surface area contributed by atoms with Gasteiger partial charge in [-0.15, -0.1) is 11.8 Å². The van der Waals surface area contributed by atoms with Crippen LogP contribution in [0.2, 0.25) is 0 Å². The first-order valence-electron chi connectivity index (χ1n) is 5.92. The number of hydrogen-bond acceptors (Lipinski definition) is 3. The largest absolute Gasteiger partial charge is 0.377 e. The maximum atomic E-state index is 5.60. The van der Waals surface area contributed by atoms with Crippen LogP contribution in [0.5, 0.6) is 0 Å². The first-order valence-corrected chi connectivity index (χ1v) is 6.90. The first kappa shape index (κ1) is 12.0. The fourth-order valence-corrected chi connectivity index (χ4v) is 2.85. The smallest absolute Gasteiger partial charge is 0.0669 e. The fraction of sp³-hybridized carbons (Fsp3) is 0.538. The molecule has 1 aromatic carbocycles. The number of rotatable bonds is 5. The molecule has 3 heteroatoms. The Bertz CT molecular complexity index is 306. The normalized spacial score (nSPS) is 20.2. The molecular weight excluding hydrogens is 218 g/mol. The van der Waals surface area contributed by atoms with Crippen LogP contribution in [0.3, 0.4) is 0 Å². The van der Waals surface area contributed by atoms with E-state index in [-0.39, 0.29) is 0 Å². The summed E-state index contributed by atoms with van der Waals surface area (Å²) in [6.07, 6.45) is 3.88. The van der Waals surface area contributed by atoms with Gasteiger partial charge in [-0.2, -0.15) is 0 Å². The second-order valence-electron chi connectivity index (χ2n) is 4.13. The van der Waals surface area contributed by atoms with E-state index in [0.717, 1.165) is 25.3 Å². The molecule has 0 bridgehead atoms. The van der Waals surface area contributed by atoms with Gasteiger partial charge in [-0.25, -0.2) is 0 Å². The average molecular weight is 237 g/mol. The van der Waals surface area contributed by atoms with Crippen LogP contribution in [-0.2, 0) is 11.2 Å². The van der Waals surface area contributed by atoms with E-state index in [1.54, 1.807) is 0 Å². The summed E-state index contributed by atoms with van der Waals surface area (Å²) in [5, 5.41) is 0. The molecule has 1 atom stereocenters. The van der Waals surface area contributed by atoms with E-state index in [2.05, 4.69) is 24.3 Å². The molecule has 2 rings (SSSR count). The molecule has 0 radical (unpaired) electrons. The summed E-state index contributed by atoms with van der Waals surface area (Å²) in [4.78, 5) is 1.33. The molecule has 16 heavy (non-hydrogen) atoms. The molecule has 1 fully saturated rings. The highest BCUT2D eigenvalue weighted by Crippen LogP contribution is 2.24. The van der Waals surface area contributed by atoms with E-state index in [4.69, 9.17) is 10.5 Å². The van der Waals surface area contributed by atoms with Crippen molar-refractivity contribution in [3.63, 3.8) is 0 Å². The zero-order valence-corrected chi connectivity index (χ0v) is 10.3. The van der Waals surface area contributed by atoms with E-state index in [0.29, 0.717) is 6.10 Å². The van der Waals surface area contributed by atoms with Crippen molar-refractivity contribution < 1.29 is 4.74 Å². The van der Waals surface area contributed by atoms with Crippen molar-refractivity contribution in [1.29, 1.82) is 0 Å².